The van der Waals surface area contributed by atoms with Gasteiger partial charge in [0.15, 0.2) is 0 Å². The Morgan fingerprint density at radius 2 is 1.45 bits per heavy atom. The molecule has 1 aromatic carbocycles. The maximum absolute atomic E-state index is 4.50. The Kier molecular flexibility index (Phi) is 3.12. The van der Waals surface area contributed by atoms with E-state index >= 15 is 0 Å². The Morgan fingerprint density at radius 3 is 1.91 bits per heavy atom. The molecular weight excluding hydrogens is 134 g/mol. The quantitative estimate of drug-likeness (QED) is 0.597. The molecule has 0 aliphatic heterocycles. The molecule has 1 aliphatic rings. The van der Waals surface area contributed by atoms with Crippen LogP contribution in [0.15, 0.2) is 24.3 Å². The molecule has 0 radical (unpaired) electrons. The molecule has 0 bridgehead atoms. The number of aryl methyl sites for hydroxylation is 2. The minimum absolute atomic E-state index is 1.30. The summed E-state index contributed by atoms with van der Waals surface area (Å²) in [5.41, 5.74) is 7.63. The fraction of sp³-hybridized carbons (Fsp3) is 0.400. The van der Waals surface area contributed by atoms with E-state index in [9.17, 15) is 0 Å². The van der Waals surface area contributed by atoms with E-state index in [0.29, 0.717) is 0 Å². The van der Waals surface area contributed by atoms with Gasteiger partial charge in [0, 0.05) is 0 Å². The molecule has 1 heteroatoms. The maximum atomic E-state index is 4.50. The summed E-state index contributed by atoms with van der Waals surface area (Å²) >= 11 is 0. The summed E-state index contributed by atoms with van der Waals surface area (Å²) in [5.74, 6) is 0. The number of fused-ring (bicyclic) bond motifs is 1. The minimum Gasteiger partial charge on any atom is -0.333 e. The van der Waals surface area contributed by atoms with Crippen molar-refractivity contribution >= 4 is 0 Å². The summed E-state index contributed by atoms with van der Waals surface area (Å²) < 4.78 is 0. The predicted octanol–water partition coefficient (Wildman–Crippen LogP) is 1.75. The predicted molar refractivity (Wildman–Crippen MR) is 48.6 cm³/mol. The van der Waals surface area contributed by atoms with Crippen LogP contribution in [-0.2, 0) is 12.8 Å². The summed E-state index contributed by atoms with van der Waals surface area (Å²) in [7, 11) is 1.50. The van der Waals surface area contributed by atoms with Crippen LogP contribution < -0.4 is 5.73 Å². The molecule has 0 unspecified atom stereocenters. The monoisotopic (exact) mass is 149 g/mol. The highest BCUT2D eigenvalue weighted by molar-refractivity contribution is 5.30. The molecule has 2 N–H and O–H groups in total. The van der Waals surface area contributed by atoms with Crippen LogP contribution in [0, 0.1) is 0 Å². The van der Waals surface area contributed by atoms with Gasteiger partial charge in [0.1, 0.15) is 0 Å². The first-order valence-corrected chi connectivity index (χ1v) is 4.11. The summed E-state index contributed by atoms with van der Waals surface area (Å²) in [6.45, 7) is 0. The standard InChI is InChI=1S/C9H10.CH5N/c1-2-5-9-7-3-6-8(9)4-1;1-2/h1-2,4-5H,3,6-7H2;2H2,1H3. The van der Waals surface area contributed by atoms with Crippen LogP contribution in [0.25, 0.3) is 0 Å². The molecule has 0 amide bonds. The molecule has 0 heterocycles. The maximum Gasteiger partial charge on any atom is -0.0195 e. The van der Waals surface area contributed by atoms with E-state index in [1.165, 1.54) is 26.3 Å². The molecule has 0 aromatic heterocycles. The Labute approximate surface area is 68.2 Å². The van der Waals surface area contributed by atoms with Gasteiger partial charge in [0.05, 0.1) is 0 Å². The van der Waals surface area contributed by atoms with Crippen molar-refractivity contribution < 1.29 is 0 Å². The Morgan fingerprint density at radius 1 is 1.00 bits per heavy atom. The van der Waals surface area contributed by atoms with E-state index in [2.05, 4.69) is 30.0 Å². The van der Waals surface area contributed by atoms with Gasteiger partial charge in [-0.25, -0.2) is 0 Å². The lowest BCUT2D eigenvalue weighted by Gasteiger charge is -1.93. The zero-order valence-corrected chi connectivity index (χ0v) is 7.01. The van der Waals surface area contributed by atoms with Crippen molar-refractivity contribution in [2.24, 2.45) is 5.73 Å². The van der Waals surface area contributed by atoms with E-state index < -0.39 is 0 Å². The first-order valence-electron chi connectivity index (χ1n) is 4.11. The third kappa shape index (κ3) is 1.81. The first kappa shape index (κ1) is 8.28. The van der Waals surface area contributed by atoms with Crippen molar-refractivity contribution in [2.45, 2.75) is 19.3 Å². The summed E-state index contributed by atoms with van der Waals surface area (Å²) in [5, 5.41) is 0. The SMILES string of the molecule is CN.c1ccc2c(c1)CCC2. The van der Waals surface area contributed by atoms with Crippen LogP contribution in [0.4, 0.5) is 0 Å². The van der Waals surface area contributed by atoms with Crippen molar-refractivity contribution in [3.8, 4) is 0 Å². The van der Waals surface area contributed by atoms with E-state index in [0.717, 1.165) is 0 Å². The van der Waals surface area contributed by atoms with E-state index in [1.54, 1.807) is 11.1 Å². The molecule has 60 valence electrons. The fourth-order valence-electron chi connectivity index (χ4n) is 1.51. The second-order valence-corrected chi connectivity index (χ2v) is 2.62. The normalized spacial score (nSPS) is 13.3. The molecule has 0 fully saturated rings. The molecule has 0 spiro atoms. The molecule has 11 heavy (non-hydrogen) atoms. The van der Waals surface area contributed by atoms with Gasteiger partial charge in [-0.15, -0.1) is 0 Å². The Hall–Kier alpha value is -0.820. The molecule has 1 nitrogen and oxygen atoms in total. The van der Waals surface area contributed by atoms with Gasteiger partial charge in [-0.05, 0) is 37.4 Å². The minimum atomic E-state index is 1.30. The largest absolute Gasteiger partial charge is 0.333 e. The number of benzene rings is 1. The van der Waals surface area contributed by atoms with Crippen LogP contribution in [0.3, 0.4) is 0 Å². The number of hydrogen-bond donors (Lipinski definition) is 1. The molecule has 1 aliphatic carbocycles. The zero-order valence-electron chi connectivity index (χ0n) is 7.01. The summed E-state index contributed by atoms with van der Waals surface area (Å²) in [4.78, 5) is 0. The van der Waals surface area contributed by atoms with Crippen molar-refractivity contribution in [3.05, 3.63) is 35.4 Å². The first-order chi connectivity index (χ1) is 5.47. The smallest absolute Gasteiger partial charge is 0.0195 e. The van der Waals surface area contributed by atoms with Gasteiger partial charge in [0.25, 0.3) is 0 Å². The van der Waals surface area contributed by atoms with Gasteiger partial charge in [0.2, 0.25) is 0 Å². The topological polar surface area (TPSA) is 26.0 Å². The van der Waals surface area contributed by atoms with E-state index in [4.69, 9.17) is 0 Å². The molecule has 0 atom stereocenters. The van der Waals surface area contributed by atoms with Crippen molar-refractivity contribution in [3.63, 3.8) is 0 Å². The molecular formula is C10H15N. The number of rotatable bonds is 0. The lowest BCUT2D eigenvalue weighted by Crippen LogP contribution is -1.77. The lowest BCUT2D eigenvalue weighted by molar-refractivity contribution is 0.912. The van der Waals surface area contributed by atoms with Crippen LogP contribution in [0.2, 0.25) is 0 Å². The Bertz CT molecular complexity index is 195. The number of hydrogen-bond acceptors (Lipinski definition) is 1. The van der Waals surface area contributed by atoms with Crippen LogP contribution >= 0.6 is 0 Å². The summed E-state index contributed by atoms with van der Waals surface area (Å²) in [6, 6.07) is 8.74. The third-order valence-corrected chi connectivity index (χ3v) is 2.01. The Balaban J connectivity index is 0.000000281. The summed E-state index contributed by atoms with van der Waals surface area (Å²) in [6.07, 6.45) is 3.96. The van der Waals surface area contributed by atoms with Crippen LogP contribution in [0.5, 0.6) is 0 Å². The van der Waals surface area contributed by atoms with Crippen LogP contribution in [0.1, 0.15) is 17.5 Å². The second kappa shape index (κ2) is 4.14. The van der Waals surface area contributed by atoms with Crippen molar-refractivity contribution in [1.29, 1.82) is 0 Å². The highest BCUT2D eigenvalue weighted by Crippen LogP contribution is 2.20. The molecule has 1 aromatic rings. The van der Waals surface area contributed by atoms with Crippen LogP contribution in [-0.4, -0.2) is 7.05 Å². The average Bonchev–Trinajstić information content (AvgIpc) is 2.55. The zero-order chi connectivity index (χ0) is 8.10. The second-order valence-electron chi connectivity index (χ2n) is 2.62. The van der Waals surface area contributed by atoms with Crippen molar-refractivity contribution in [2.75, 3.05) is 7.05 Å². The van der Waals surface area contributed by atoms with Gasteiger partial charge >= 0.3 is 0 Å². The van der Waals surface area contributed by atoms with Gasteiger partial charge < -0.3 is 5.73 Å². The van der Waals surface area contributed by atoms with E-state index in [1.807, 2.05) is 0 Å². The highest BCUT2D eigenvalue weighted by atomic mass is 14.4. The average molecular weight is 149 g/mol. The van der Waals surface area contributed by atoms with Crippen molar-refractivity contribution in [1.82, 2.24) is 0 Å². The third-order valence-electron chi connectivity index (χ3n) is 2.01. The highest BCUT2D eigenvalue weighted by Gasteiger charge is 2.07. The lowest BCUT2D eigenvalue weighted by atomic mass is 10.1. The van der Waals surface area contributed by atoms with Gasteiger partial charge in [-0.1, -0.05) is 24.3 Å². The van der Waals surface area contributed by atoms with Gasteiger partial charge in [-0.3, -0.25) is 0 Å². The molecule has 2 rings (SSSR count). The molecule has 0 saturated carbocycles. The van der Waals surface area contributed by atoms with E-state index in [-0.39, 0.29) is 0 Å². The molecule has 0 saturated heterocycles. The number of nitrogens with two attached hydrogens (primary N) is 1. The van der Waals surface area contributed by atoms with Gasteiger partial charge in [-0.2, -0.15) is 0 Å². The fourth-order valence-corrected chi connectivity index (χ4v) is 1.51.